The quantitative estimate of drug-likeness (QED) is 0.733. The van der Waals surface area contributed by atoms with Crippen molar-refractivity contribution in [1.82, 2.24) is 0 Å². The zero-order valence-corrected chi connectivity index (χ0v) is 14.6. The van der Waals surface area contributed by atoms with Gasteiger partial charge in [-0.15, -0.1) is 0 Å². The molecule has 2 fully saturated rings. The Kier molecular flexibility index (Phi) is 5.19. The van der Waals surface area contributed by atoms with Crippen molar-refractivity contribution in [2.24, 2.45) is 5.92 Å². The number of benzene rings is 1. The van der Waals surface area contributed by atoms with Gasteiger partial charge in [0.2, 0.25) is 5.91 Å². The van der Waals surface area contributed by atoms with E-state index in [0.717, 1.165) is 31.2 Å². The maximum atomic E-state index is 12.9. The van der Waals surface area contributed by atoms with Gasteiger partial charge in [0.25, 0.3) is 5.91 Å². The molecule has 5 heteroatoms. The van der Waals surface area contributed by atoms with Crippen molar-refractivity contribution in [1.29, 1.82) is 0 Å². The summed E-state index contributed by atoms with van der Waals surface area (Å²) in [5.74, 6) is 1.37. The van der Waals surface area contributed by atoms with Crippen LogP contribution in [-0.4, -0.2) is 37.6 Å². The third-order valence-electron chi connectivity index (χ3n) is 4.86. The molecule has 1 saturated carbocycles. The van der Waals surface area contributed by atoms with Gasteiger partial charge in [0.1, 0.15) is 5.75 Å². The number of imide groups is 1. The van der Waals surface area contributed by atoms with E-state index < -0.39 is 0 Å². The van der Waals surface area contributed by atoms with E-state index >= 15 is 0 Å². The van der Waals surface area contributed by atoms with Crippen molar-refractivity contribution in [2.75, 3.05) is 24.6 Å². The Morgan fingerprint density at radius 3 is 2.46 bits per heavy atom. The summed E-state index contributed by atoms with van der Waals surface area (Å²) in [6.07, 6.45) is 3.90. The molecule has 24 heavy (non-hydrogen) atoms. The first-order valence-corrected chi connectivity index (χ1v) is 9.08. The lowest BCUT2D eigenvalue weighted by atomic mass is 10.2. The molecular formula is C19H27N2O3+. The van der Waals surface area contributed by atoms with Gasteiger partial charge in [-0.05, 0) is 50.5 Å². The summed E-state index contributed by atoms with van der Waals surface area (Å²) in [6.45, 7) is 6.64. The molecule has 0 aromatic heterocycles. The molecule has 130 valence electrons. The van der Waals surface area contributed by atoms with Crippen LogP contribution in [-0.2, 0) is 9.59 Å². The predicted molar refractivity (Wildman–Crippen MR) is 92.2 cm³/mol. The van der Waals surface area contributed by atoms with Crippen LogP contribution in [0, 0.1) is 5.92 Å². The monoisotopic (exact) mass is 331 g/mol. The third kappa shape index (κ3) is 3.61. The van der Waals surface area contributed by atoms with E-state index in [9.17, 15) is 9.59 Å². The van der Waals surface area contributed by atoms with Gasteiger partial charge in [-0.1, -0.05) is 6.92 Å². The molecule has 1 heterocycles. The van der Waals surface area contributed by atoms with Crippen molar-refractivity contribution in [2.45, 2.75) is 45.6 Å². The van der Waals surface area contributed by atoms with E-state index in [2.05, 4.69) is 6.92 Å². The highest BCUT2D eigenvalue weighted by Crippen LogP contribution is 2.28. The van der Waals surface area contributed by atoms with E-state index in [1.54, 1.807) is 12.1 Å². The zero-order chi connectivity index (χ0) is 17.1. The molecule has 0 spiro atoms. The van der Waals surface area contributed by atoms with E-state index in [0.29, 0.717) is 18.7 Å². The van der Waals surface area contributed by atoms with Crippen LogP contribution >= 0.6 is 0 Å². The van der Waals surface area contributed by atoms with Crippen molar-refractivity contribution >= 4 is 17.5 Å². The van der Waals surface area contributed by atoms with E-state index in [-0.39, 0.29) is 17.9 Å². The molecule has 2 atom stereocenters. The number of amides is 2. The number of anilines is 1. The number of carbonyl (C=O) groups is 2. The fourth-order valence-corrected chi connectivity index (χ4v) is 3.51. The van der Waals surface area contributed by atoms with Crippen LogP contribution in [0.5, 0.6) is 5.75 Å². The summed E-state index contributed by atoms with van der Waals surface area (Å²) in [4.78, 5) is 28.0. The Morgan fingerprint density at radius 2 is 1.88 bits per heavy atom. The number of hydrogen-bond acceptors (Lipinski definition) is 3. The fourth-order valence-electron chi connectivity index (χ4n) is 3.51. The highest BCUT2D eigenvalue weighted by Gasteiger charge is 2.46. The van der Waals surface area contributed by atoms with Gasteiger partial charge in [0, 0.05) is 5.92 Å². The second-order valence-electron chi connectivity index (χ2n) is 6.81. The van der Waals surface area contributed by atoms with E-state index in [1.807, 2.05) is 19.1 Å². The topological polar surface area (TPSA) is 51.1 Å². The number of rotatable bonds is 8. The largest absolute Gasteiger partial charge is 0.494 e. The molecule has 2 aliphatic rings. The van der Waals surface area contributed by atoms with Gasteiger partial charge < -0.3 is 9.64 Å². The van der Waals surface area contributed by atoms with E-state index in [1.165, 1.54) is 22.6 Å². The van der Waals surface area contributed by atoms with E-state index in [4.69, 9.17) is 4.74 Å². The van der Waals surface area contributed by atoms with Crippen LogP contribution in [0.1, 0.15) is 39.5 Å². The molecule has 0 radical (unpaired) electrons. The molecule has 1 N–H and O–H groups in total. The summed E-state index contributed by atoms with van der Waals surface area (Å²) < 4.78 is 5.43. The Balaban J connectivity index is 1.74. The van der Waals surface area contributed by atoms with Crippen LogP contribution in [0.25, 0.3) is 0 Å². The summed E-state index contributed by atoms with van der Waals surface area (Å²) in [5.41, 5.74) is 0.651. The Bertz CT molecular complexity index is 595. The van der Waals surface area contributed by atoms with Gasteiger partial charge in [-0.3, -0.25) is 9.59 Å². The predicted octanol–water partition coefficient (Wildman–Crippen LogP) is 1.42. The molecule has 1 aliphatic heterocycles. The molecule has 1 aromatic rings. The Morgan fingerprint density at radius 1 is 1.17 bits per heavy atom. The second kappa shape index (κ2) is 7.34. The second-order valence-corrected chi connectivity index (χ2v) is 6.81. The minimum absolute atomic E-state index is 0.0479. The average Bonchev–Trinajstić information content (AvgIpc) is 3.33. The van der Waals surface area contributed by atoms with Gasteiger partial charge in [-0.25, -0.2) is 4.90 Å². The molecule has 3 rings (SSSR count). The molecule has 1 aromatic carbocycles. The van der Waals surface area contributed by atoms with Gasteiger partial charge in [0.15, 0.2) is 6.04 Å². The highest BCUT2D eigenvalue weighted by atomic mass is 16.5. The lowest BCUT2D eigenvalue weighted by Crippen LogP contribution is -3.17. The molecule has 2 amide bonds. The molecule has 2 unspecified atom stereocenters. The summed E-state index contributed by atoms with van der Waals surface area (Å²) in [7, 11) is 0. The maximum Gasteiger partial charge on any atom is 0.292 e. The SMILES string of the molecule is CCC[NH+](CC1CC1)C1CC(=O)N(c2ccc(OCC)cc2)C1=O. The highest BCUT2D eigenvalue weighted by molar-refractivity contribution is 6.21. The van der Waals surface area contributed by atoms with Crippen molar-refractivity contribution < 1.29 is 19.2 Å². The zero-order valence-electron chi connectivity index (χ0n) is 14.6. The lowest BCUT2D eigenvalue weighted by molar-refractivity contribution is -0.916. The summed E-state index contributed by atoms with van der Waals surface area (Å²) in [5, 5.41) is 0. The van der Waals surface area contributed by atoms with Crippen LogP contribution in [0.4, 0.5) is 5.69 Å². The Hall–Kier alpha value is -1.88. The normalized spacial score (nSPS) is 22.1. The third-order valence-corrected chi connectivity index (χ3v) is 4.86. The molecular weight excluding hydrogens is 304 g/mol. The molecule has 0 bridgehead atoms. The minimum atomic E-state index is -0.218. The standard InChI is InChI=1S/C19H26N2O3/c1-3-11-20(13-14-5-6-14)17-12-18(22)21(19(17)23)15-7-9-16(10-8-15)24-4-2/h7-10,14,17H,3-6,11-13H2,1-2H3/p+1. The first-order valence-electron chi connectivity index (χ1n) is 9.08. The lowest BCUT2D eigenvalue weighted by Gasteiger charge is -2.24. The van der Waals surface area contributed by atoms with Crippen molar-refractivity contribution in [3.05, 3.63) is 24.3 Å². The van der Waals surface area contributed by atoms with Crippen LogP contribution in [0.3, 0.4) is 0 Å². The smallest absolute Gasteiger partial charge is 0.292 e. The number of nitrogens with zero attached hydrogens (tertiary/aromatic N) is 1. The Labute approximate surface area is 143 Å². The number of carbonyl (C=O) groups excluding carboxylic acids is 2. The van der Waals surface area contributed by atoms with Crippen molar-refractivity contribution in [3.63, 3.8) is 0 Å². The molecule has 1 saturated heterocycles. The number of quaternary nitrogens is 1. The fraction of sp³-hybridized carbons (Fsp3) is 0.579. The maximum absolute atomic E-state index is 12.9. The number of ether oxygens (including phenoxy) is 1. The van der Waals surface area contributed by atoms with Crippen LogP contribution in [0.2, 0.25) is 0 Å². The van der Waals surface area contributed by atoms with Gasteiger partial charge in [0.05, 0.1) is 31.8 Å². The van der Waals surface area contributed by atoms with Crippen molar-refractivity contribution in [3.8, 4) is 5.75 Å². The van der Waals surface area contributed by atoms with Gasteiger partial charge >= 0.3 is 0 Å². The first kappa shape index (κ1) is 17.0. The van der Waals surface area contributed by atoms with Crippen LogP contribution in [0.15, 0.2) is 24.3 Å². The van der Waals surface area contributed by atoms with Crippen LogP contribution < -0.4 is 14.5 Å². The van der Waals surface area contributed by atoms with Gasteiger partial charge in [-0.2, -0.15) is 0 Å². The molecule has 1 aliphatic carbocycles. The summed E-state index contributed by atoms with van der Waals surface area (Å²) in [6, 6.07) is 7.00. The first-order chi connectivity index (χ1) is 11.6. The average molecular weight is 331 g/mol. The number of nitrogens with one attached hydrogen (secondary N) is 1. The molecule has 5 nitrogen and oxygen atoms in total. The summed E-state index contributed by atoms with van der Waals surface area (Å²) >= 11 is 0. The number of hydrogen-bond donors (Lipinski definition) is 1. The minimum Gasteiger partial charge on any atom is -0.494 e.